The Hall–Kier alpha value is -2.58. The Morgan fingerprint density at radius 2 is 2.20 bits per heavy atom. The molecule has 0 aliphatic rings. The fraction of sp³-hybridized carbons (Fsp3) is 0.455. The van der Waals surface area contributed by atoms with Gasteiger partial charge in [-0.15, -0.1) is 0 Å². The van der Waals surface area contributed by atoms with Crippen LogP contribution in [0.3, 0.4) is 0 Å². The highest BCUT2D eigenvalue weighted by atomic mass is 16.5. The Labute approximate surface area is 113 Å². The largest absolute Gasteiger partial charge is 0.480 e. The lowest BCUT2D eigenvalue weighted by Crippen LogP contribution is -2.44. The number of amides is 1. The first-order valence-corrected chi connectivity index (χ1v) is 5.57. The van der Waals surface area contributed by atoms with Gasteiger partial charge in [-0.05, 0) is 12.1 Å². The van der Waals surface area contributed by atoms with Gasteiger partial charge in [0, 0.05) is 6.07 Å². The Morgan fingerprint density at radius 1 is 1.50 bits per heavy atom. The smallest absolute Gasteiger partial charge is 0.326 e. The van der Waals surface area contributed by atoms with Gasteiger partial charge in [-0.2, -0.15) is 0 Å². The van der Waals surface area contributed by atoms with Crippen LogP contribution in [-0.4, -0.2) is 47.9 Å². The number of nitrogens with one attached hydrogen (secondary N) is 1. The van der Waals surface area contributed by atoms with Crippen LogP contribution >= 0.6 is 0 Å². The molecule has 0 aliphatic carbocycles. The topological polar surface area (TPSA) is 128 Å². The molecule has 1 atom stereocenters. The Kier molecular flexibility index (Phi) is 5.51. The molecule has 9 heteroatoms. The maximum Gasteiger partial charge on any atom is 0.326 e. The van der Waals surface area contributed by atoms with Gasteiger partial charge in [-0.1, -0.05) is 0 Å². The second kappa shape index (κ2) is 7.12. The summed E-state index contributed by atoms with van der Waals surface area (Å²) in [4.78, 5) is 33.4. The van der Waals surface area contributed by atoms with Gasteiger partial charge in [-0.3, -0.25) is 9.59 Å². The highest BCUT2D eigenvalue weighted by molar-refractivity contribution is 5.87. The van der Waals surface area contributed by atoms with E-state index in [1.165, 1.54) is 6.07 Å². The minimum absolute atomic E-state index is 0.109. The van der Waals surface area contributed by atoms with E-state index < -0.39 is 36.9 Å². The first-order valence-electron chi connectivity index (χ1n) is 5.57. The number of carboxylic acid groups (broad SMARTS) is 1. The first kappa shape index (κ1) is 15.5. The van der Waals surface area contributed by atoms with Gasteiger partial charge in [-0.25, -0.2) is 4.79 Å². The highest BCUT2D eigenvalue weighted by Gasteiger charge is 2.23. The fourth-order valence-corrected chi connectivity index (χ4v) is 1.24. The molecule has 1 aromatic rings. The van der Waals surface area contributed by atoms with Crippen LogP contribution in [0.15, 0.2) is 10.6 Å². The maximum atomic E-state index is 11.5. The number of aryl methyl sites for hydroxylation is 1. The van der Waals surface area contributed by atoms with E-state index >= 15 is 0 Å². The predicted octanol–water partition coefficient (Wildman–Crippen LogP) is -0.506. The molecule has 9 nitrogen and oxygen atoms in total. The van der Waals surface area contributed by atoms with Crippen molar-refractivity contribution in [2.45, 2.75) is 19.4 Å². The van der Waals surface area contributed by atoms with Gasteiger partial charge in [0.15, 0.2) is 6.61 Å². The van der Waals surface area contributed by atoms with Gasteiger partial charge in [0.25, 0.3) is 11.8 Å². The molecule has 0 saturated heterocycles. The van der Waals surface area contributed by atoms with Crippen molar-refractivity contribution in [1.82, 2.24) is 10.5 Å². The van der Waals surface area contributed by atoms with Crippen molar-refractivity contribution in [3.63, 3.8) is 0 Å². The van der Waals surface area contributed by atoms with Crippen molar-refractivity contribution >= 4 is 17.8 Å². The maximum absolute atomic E-state index is 11.5. The molecule has 1 heterocycles. The third-order valence-corrected chi connectivity index (χ3v) is 2.19. The fourth-order valence-electron chi connectivity index (χ4n) is 1.24. The number of rotatable bonds is 7. The molecule has 0 radical (unpaired) electrons. The number of carboxylic acids is 1. The molecule has 0 spiro atoms. The van der Waals surface area contributed by atoms with Gasteiger partial charge in [0.1, 0.15) is 11.8 Å². The number of aliphatic carboxylic acids is 1. The lowest BCUT2D eigenvalue weighted by molar-refractivity contribution is -0.148. The molecule has 0 unspecified atom stereocenters. The van der Waals surface area contributed by atoms with Crippen LogP contribution < -0.4 is 10.1 Å². The minimum Gasteiger partial charge on any atom is -0.480 e. The highest BCUT2D eigenvalue weighted by Crippen LogP contribution is 2.09. The van der Waals surface area contributed by atoms with Gasteiger partial charge >= 0.3 is 11.9 Å². The van der Waals surface area contributed by atoms with Crippen molar-refractivity contribution in [2.24, 2.45) is 0 Å². The van der Waals surface area contributed by atoms with E-state index in [9.17, 15) is 14.4 Å². The summed E-state index contributed by atoms with van der Waals surface area (Å²) >= 11 is 0. The predicted molar refractivity (Wildman–Crippen MR) is 62.9 cm³/mol. The van der Waals surface area contributed by atoms with E-state index in [4.69, 9.17) is 14.4 Å². The number of carbonyl (C=O) groups is 3. The normalized spacial score (nSPS) is 11.5. The van der Waals surface area contributed by atoms with E-state index in [0.29, 0.717) is 5.76 Å². The summed E-state index contributed by atoms with van der Waals surface area (Å²) in [5.41, 5.74) is 0. The summed E-state index contributed by atoms with van der Waals surface area (Å²) in [7, 11) is 1.12. The summed E-state index contributed by atoms with van der Waals surface area (Å²) in [6.07, 6.45) is -0.472. The zero-order valence-electron chi connectivity index (χ0n) is 10.9. The number of methoxy groups -OCH3 is 1. The van der Waals surface area contributed by atoms with Crippen LogP contribution in [-0.2, 0) is 19.1 Å². The molecule has 1 aromatic heterocycles. The molecule has 110 valence electrons. The zero-order chi connectivity index (χ0) is 15.1. The second-order valence-corrected chi connectivity index (χ2v) is 3.80. The molecule has 0 saturated carbocycles. The van der Waals surface area contributed by atoms with E-state index in [-0.39, 0.29) is 5.88 Å². The number of esters is 1. The van der Waals surface area contributed by atoms with Gasteiger partial charge in [0.2, 0.25) is 0 Å². The summed E-state index contributed by atoms with van der Waals surface area (Å²) in [6.45, 7) is 1.20. The Morgan fingerprint density at radius 3 is 2.70 bits per heavy atom. The summed E-state index contributed by atoms with van der Waals surface area (Å²) in [6, 6.07) is 0.0914. The van der Waals surface area contributed by atoms with Crippen molar-refractivity contribution in [3.8, 4) is 5.88 Å². The molecule has 2 N–H and O–H groups in total. The number of aromatic nitrogens is 1. The monoisotopic (exact) mass is 286 g/mol. The number of hydrogen-bond donors (Lipinski definition) is 2. The molecular formula is C11H14N2O7. The average Bonchev–Trinajstić information content (AvgIpc) is 2.81. The van der Waals surface area contributed by atoms with Crippen LogP contribution in [0.2, 0.25) is 0 Å². The molecule has 0 aromatic carbocycles. The van der Waals surface area contributed by atoms with Crippen molar-refractivity contribution in [2.75, 3.05) is 13.7 Å². The standard InChI is InChI=1S/C11H14N2O7/c1-6-3-9(13-20-6)19-5-8(14)12-7(11(16)17)4-10(15)18-2/h3,7H,4-5H2,1-2H3,(H,12,14)(H,16,17)/t7-/m0/s1. The van der Waals surface area contributed by atoms with E-state index in [1.807, 2.05) is 0 Å². The average molecular weight is 286 g/mol. The van der Waals surface area contributed by atoms with Crippen molar-refractivity contribution in [3.05, 3.63) is 11.8 Å². The van der Waals surface area contributed by atoms with Crippen LogP contribution in [0.1, 0.15) is 12.2 Å². The number of ether oxygens (including phenoxy) is 2. The molecule has 0 aliphatic heterocycles. The lowest BCUT2D eigenvalue weighted by atomic mass is 10.2. The van der Waals surface area contributed by atoms with Gasteiger partial charge in [0.05, 0.1) is 13.5 Å². The molecule has 0 bridgehead atoms. The molecular weight excluding hydrogens is 272 g/mol. The molecule has 0 fully saturated rings. The van der Waals surface area contributed by atoms with E-state index in [2.05, 4.69) is 15.2 Å². The lowest BCUT2D eigenvalue weighted by Gasteiger charge is -2.13. The SMILES string of the molecule is COC(=O)C[C@H](NC(=O)COc1cc(C)on1)C(=O)O. The van der Waals surface area contributed by atoms with Crippen LogP contribution in [0.4, 0.5) is 0 Å². The molecule has 1 rings (SSSR count). The first-order chi connectivity index (χ1) is 9.42. The third-order valence-electron chi connectivity index (χ3n) is 2.19. The van der Waals surface area contributed by atoms with Crippen LogP contribution in [0.25, 0.3) is 0 Å². The quantitative estimate of drug-likeness (QED) is 0.641. The zero-order valence-corrected chi connectivity index (χ0v) is 10.9. The number of carbonyl (C=O) groups excluding carboxylic acids is 2. The summed E-state index contributed by atoms with van der Waals surface area (Å²) < 4.78 is 14.0. The van der Waals surface area contributed by atoms with E-state index in [0.717, 1.165) is 7.11 Å². The van der Waals surface area contributed by atoms with Crippen molar-refractivity contribution < 1.29 is 33.5 Å². The Bertz CT molecular complexity index is 497. The molecule has 1 amide bonds. The molecule has 20 heavy (non-hydrogen) atoms. The Balaban J connectivity index is 2.45. The second-order valence-electron chi connectivity index (χ2n) is 3.80. The third kappa shape index (κ3) is 4.96. The summed E-state index contributed by atoms with van der Waals surface area (Å²) in [5, 5.41) is 14.5. The van der Waals surface area contributed by atoms with Gasteiger partial charge < -0.3 is 24.4 Å². The van der Waals surface area contributed by atoms with E-state index in [1.54, 1.807) is 6.92 Å². The summed E-state index contributed by atoms with van der Waals surface area (Å²) in [5.74, 6) is -2.18. The van der Waals surface area contributed by atoms with Crippen molar-refractivity contribution in [1.29, 1.82) is 0 Å². The minimum atomic E-state index is -1.38. The van der Waals surface area contributed by atoms with Crippen LogP contribution in [0.5, 0.6) is 5.88 Å². The number of hydrogen-bond acceptors (Lipinski definition) is 7. The van der Waals surface area contributed by atoms with Crippen LogP contribution in [0, 0.1) is 6.92 Å². The number of nitrogens with zero attached hydrogens (tertiary/aromatic N) is 1.